The smallest absolute Gasteiger partial charge is 0.349 e. The molecule has 2 aromatic rings. The molecule has 3 heterocycles. The molecule has 1 atom stereocenters. The summed E-state index contributed by atoms with van der Waals surface area (Å²) in [7, 11) is 0. The average molecular weight is 341 g/mol. The molecular weight excluding hydrogens is 326 g/mol. The molecule has 128 valence electrons. The molecule has 1 aromatic carbocycles. The Morgan fingerprint density at radius 3 is 2.76 bits per heavy atom. The van der Waals surface area contributed by atoms with E-state index in [-0.39, 0.29) is 30.6 Å². The van der Waals surface area contributed by atoms with Crippen molar-refractivity contribution in [3.63, 3.8) is 0 Å². The first kappa shape index (κ1) is 15.4. The predicted octanol–water partition coefficient (Wildman–Crippen LogP) is 0.559. The molecule has 0 radical (unpaired) electrons. The molecule has 25 heavy (non-hydrogen) atoms. The van der Waals surface area contributed by atoms with E-state index >= 15 is 0 Å². The number of nitrogens with zero attached hydrogens (tertiary/aromatic N) is 2. The zero-order valence-corrected chi connectivity index (χ0v) is 13.2. The first-order valence-corrected chi connectivity index (χ1v) is 7.96. The Hall–Kier alpha value is -3.16. The summed E-state index contributed by atoms with van der Waals surface area (Å²) in [4.78, 5) is 51.0. The van der Waals surface area contributed by atoms with Gasteiger partial charge in [0.15, 0.2) is 0 Å². The Kier molecular flexibility index (Phi) is 3.52. The molecule has 2 aliphatic rings. The summed E-state index contributed by atoms with van der Waals surface area (Å²) in [5.74, 6) is -0.747. The van der Waals surface area contributed by atoms with Crippen LogP contribution in [0.15, 0.2) is 39.5 Å². The van der Waals surface area contributed by atoms with Crippen molar-refractivity contribution < 1.29 is 18.8 Å². The van der Waals surface area contributed by atoms with Crippen LogP contribution in [0.5, 0.6) is 0 Å². The zero-order chi connectivity index (χ0) is 17.6. The molecule has 8 heteroatoms. The van der Waals surface area contributed by atoms with Gasteiger partial charge in [0.2, 0.25) is 5.91 Å². The van der Waals surface area contributed by atoms with Gasteiger partial charge in [-0.2, -0.15) is 0 Å². The second kappa shape index (κ2) is 5.73. The number of urea groups is 1. The summed E-state index contributed by atoms with van der Waals surface area (Å²) in [6.07, 6.45) is 0.490. The van der Waals surface area contributed by atoms with Crippen molar-refractivity contribution in [1.82, 2.24) is 15.1 Å². The van der Waals surface area contributed by atoms with E-state index in [1.54, 1.807) is 24.3 Å². The fourth-order valence-corrected chi connectivity index (χ4v) is 3.32. The minimum absolute atomic E-state index is 0.0163. The molecule has 4 rings (SSSR count). The second-order valence-electron chi connectivity index (χ2n) is 6.10. The molecular formula is C17H15N3O5. The van der Waals surface area contributed by atoms with Gasteiger partial charge in [-0.05, 0) is 18.6 Å². The SMILES string of the molecule is O=C(c1cc2ccccc2oc1=O)N1CCC(N2C(=O)CNC2=O)C1. The summed E-state index contributed by atoms with van der Waals surface area (Å²) in [6, 6.07) is 7.67. The number of nitrogens with one attached hydrogen (secondary N) is 1. The van der Waals surface area contributed by atoms with Crippen LogP contribution in [-0.4, -0.2) is 53.3 Å². The fourth-order valence-electron chi connectivity index (χ4n) is 3.32. The predicted molar refractivity (Wildman–Crippen MR) is 87.0 cm³/mol. The maximum Gasteiger partial charge on any atom is 0.349 e. The number of hydrogen-bond acceptors (Lipinski definition) is 5. The van der Waals surface area contributed by atoms with Gasteiger partial charge in [-0.15, -0.1) is 0 Å². The lowest BCUT2D eigenvalue weighted by molar-refractivity contribution is -0.126. The summed E-state index contributed by atoms with van der Waals surface area (Å²) in [5.41, 5.74) is -0.318. The first-order chi connectivity index (χ1) is 12.0. The van der Waals surface area contributed by atoms with Gasteiger partial charge >= 0.3 is 11.7 Å². The first-order valence-electron chi connectivity index (χ1n) is 7.96. The Morgan fingerprint density at radius 1 is 1.20 bits per heavy atom. The van der Waals surface area contributed by atoms with E-state index in [9.17, 15) is 19.2 Å². The van der Waals surface area contributed by atoms with Gasteiger partial charge in [-0.1, -0.05) is 18.2 Å². The van der Waals surface area contributed by atoms with Crippen molar-refractivity contribution in [1.29, 1.82) is 0 Å². The van der Waals surface area contributed by atoms with Crippen molar-refractivity contribution in [3.05, 3.63) is 46.3 Å². The van der Waals surface area contributed by atoms with E-state index in [0.717, 1.165) is 4.90 Å². The number of imide groups is 1. The fraction of sp³-hybridized carbons (Fsp3) is 0.294. The van der Waals surface area contributed by atoms with Crippen LogP contribution >= 0.6 is 0 Å². The molecule has 8 nitrogen and oxygen atoms in total. The number of carbonyl (C=O) groups excluding carboxylic acids is 3. The molecule has 0 saturated carbocycles. The Morgan fingerprint density at radius 2 is 2.00 bits per heavy atom. The molecule has 2 saturated heterocycles. The average Bonchev–Trinajstić information content (AvgIpc) is 3.20. The van der Waals surface area contributed by atoms with Gasteiger partial charge < -0.3 is 14.6 Å². The lowest BCUT2D eigenvalue weighted by atomic mass is 10.1. The van der Waals surface area contributed by atoms with Crippen LogP contribution < -0.4 is 10.9 Å². The highest BCUT2D eigenvalue weighted by molar-refractivity contribution is 6.02. The lowest BCUT2D eigenvalue weighted by Gasteiger charge is -2.21. The van der Waals surface area contributed by atoms with Gasteiger partial charge in [0, 0.05) is 18.5 Å². The van der Waals surface area contributed by atoms with Crippen LogP contribution in [0.4, 0.5) is 4.79 Å². The molecule has 0 spiro atoms. The number of rotatable bonds is 2. The Labute approximate surface area is 142 Å². The van der Waals surface area contributed by atoms with E-state index in [0.29, 0.717) is 23.9 Å². The third kappa shape index (κ3) is 2.55. The second-order valence-corrected chi connectivity index (χ2v) is 6.10. The topological polar surface area (TPSA) is 99.9 Å². The molecule has 2 fully saturated rings. The van der Waals surface area contributed by atoms with Crippen molar-refractivity contribution in [2.75, 3.05) is 19.6 Å². The molecule has 1 N–H and O–H groups in total. The normalized spacial score (nSPS) is 20.4. The zero-order valence-electron chi connectivity index (χ0n) is 13.2. The van der Waals surface area contributed by atoms with Crippen LogP contribution in [0, 0.1) is 0 Å². The lowest BCUT2D eigenvalue weighted by Crippen LogP contribution is -2.43. The van der Waals surface area contributed by atoms with Gasteiger partial charge in [0.1, 0.15) is 11.1 Å². The minimum Gasteiger partial charge on any atom is -0.422 e. The third-order valence-corrected chi connectivity index (χ3v) is 4.57. The van der Waals surface area contributed by atoms with Crippen LogP contribution in [0.25, 0.3) is 11.0 Å². The number of likely N-dealkylation sites (tertiary alicyclic amines) is 1. The number of carbonyl (C=O) groups is 3. The van der Waals surface area contributed by atoms with E-state index in [1.807, 2.05) is 0 Å². The van der Waals surface area contributed by atoms with Crippen molar-refractivity contribution in [2.24, 2.45) is 0 Å². The summed E-state index contributed by atoms with van der Waals surface area (Å²) in [5, 5.41) is 3.13. The van der Waals surface area contributed by atoms with Gasteiger partial charge in [0.05, 0.1) is 12.6 Å². The monoisotopic (exact) mass is 341 g/mol. The van der Waals surface area contributed by atoms with Crippen LogP contribution in [-0.2, 0) is 4.79 Å². The Balaban J connectivity index is 1.58. The molecule has 1 aromatic heterocycles. The number of benzene rings is 1. The van der Waals surface area contributed by atoms with Crippen molar-refractivity contribution in [2.45, 2.75) is 12.5 Å². The highest BCUT2D eigenvalue weighted by atomic mass is 16.4. The number of hydrogen-bond donors (Lipinski definition) is 1. The number of amides is 4. The summed E-state index contributed by atoms with van der Waals surface area (Å²) < 4.78 is 5.20. The van der Waals surface area contributed by atoms with Crippen molar-refractivity contribution in [3.8, 4) is 0 Å². The minimum atomic E-state index is -0.692. The Bertz CT molecular complexity index is 935. The van der Waals surface area contributed by atoms with E-state index < -0.39 is 17.6 Å². The largest absolute Gasteiger partial charge is 0.422 e. The quantitative estimate of drug-likeness (QED) is 0.635. The summed E-state index contributed by atoms with van der Waals surface area (Å²) >= 11 is 0. The van der Waals surface area contributed by atoms with E-state index in [4.69, 9.17) is 4.42 Å². The molecule has 0 bridgehead atoms. The van der Waals surface area contributed by atoms with Gasteiger partial charge in [-0.3, -0.25) is 14.5 Å². The van der Waals surface area contributed by atoms with Crippen LogP contribution in [0.1, 0.15) is 16.8 Å². The third-order valence-electron chi connectivity index (χ3n) is 4.57. The highest BCUT2D eigenvalue weighted by Gasteiger charge is 2.40. The number of para-hydroxylation sites is 1. The maximum absolute atomic E-state index is 12.7. The van der Waals surface area contributed by atoms with Gasteiger partial charge in [0.25, 0.3) is 5.91 Å². The van der Waals surface area contributed by atoms with Gasteiger partial charge in [-0.25, -0.2) is 9.59 Å². The maximum atomic E-state index is 12.7. The van der Waals surface area contributed by atoms with E-state index in [1.165, 1.54) is 11.0 Å². The molecule has 4 amide bonds. The van der Waals surface area contributed by atoms with Crippen molar-refractivity contribution >= 4 is 28.8 Å². The van der Waals surface area contributed by atoms with E-state index in [2.05, 4.69) is 5.32 Å². The standard InChI is InChI=1S/C17H15N3O5/c21-14-8-18-17(24)20(14)11-5-6-19(9-11)15(22)12-7-10-3-1-2-4-13(10)25-16(12)23/h1-4,7,11H,5-6,8-9H2,(H,18,24). The van der Waals surface area contributed by atoms with Crippen LogP contribution in [0.2, 0.25) is 0 Å². The van der Waals surface area contributed by atoms with Crippen LogP contribution in [0.3, 0.4) is 0 Å². The number of fused-ring (bicyclic) bond motifs is 1. The molecule has 1 unspecified atom stereocenters. The highest BCUT2D eigenvalue weighted by Crippen LogP contribution is 2.20. The molecule has 0 aliphatic carbocycles. The molecule has 2 aliphatic heterocycles. The summed E-state index contributed by atoms with van der Waals surface area (Å²) in [6.45, 7) is 0.564.